The lowest BCUT2D eigenvalue weighted by Crippen LogP contribution is -2.49. The number of amides is 1. The Bertz CT molecular complexity index is 547. The summed E-state index contributed by atoms with van der Waals surface area (Å²) < 4.78 is 11.4. The molecule has 2 unspecified atom stereocenters. The normalized spacial score (nSPS) is 24.4. The van der Waals surface area contributed by atoms with Crippen molar-refractivity contribution in [2.75, 3.05) is 26.3 Å². The molecule has 2 heterocycles. The molecular weight excluding hydrogens is 280 g/mol. The summed E-state index contributed by atoms with van der Waals surface area (Å²) in [5.41, 5.74) is 7.03. The number of benzene rings is 1. The molecule has 1 fully saturated rings. The Labute approximate surface area is 131 Å². The predicted molar refractivity (Wildman–Crippen MR) is 84.1 cm³/mol. The van der Waals surface area contributed by atoms with Gasteiger partial charge in [-0.25, -0.2) is 0 Å². The molecule has 3 rings (SSSR count). The van der Waals surface area contributed by atoms with Crippen LogP contribution >= 0.6 is 0 Å². The van der Waals surface area contributed by atoms with Gasteiger partial charge in [0, 0.05) is 19.1 Å². The van der Waals surface area contributed by atoms with Gasteiger partial charge in [0.1, 0.15) is 6.61 Å². The SMILES string of the molecule is CCOc1cccc2c1OCC(C(=O)N1CCCC(N)C1)C2. The molecule has 22 heavy (non-hydrogen) atoms. The van der Waals surface area contributed by atoms with Crippen LogP contribution in [0.15, 0.2) is 18.2 Å². The second kappa shape index (κ2) is 6.57. The van der Waals surface area contributed by atoms with E-state index < -0.39 is 0 Å². The van der Waals surface area contributed by atoms with Gasteiger partial charge in [0.2, 0.25) is 5.91 Å². The van der Waals surface area contributed by atoms with Gasteiger partial charge >= 0.3 is 0 Å². The number of piperidine rings is 1. The van der Waals surface area contributed by atoms with E-state index in [1.807, 2.05) is 30.0 Å². The second-order valence-electron chi connectivity index (χ2n) is 6.08. The molecule has 120 valence electrons. The van der Waals surface area contributed by atoms with Crippen molar-refractivity contribution in [3.8, 4) is 11.5 Å². The van der Waals surface area contributed by atoms with Crippen molar-refractivity contribution in [1.82, 2.24) is 4.90 Å². The topological polar surface area (TPSA) is 64.8 Å². The molecule has 2 N–H and O–H groups in total. The molecule has 0 radical (unpaired) electrons. The first-order valence-corrected chi connectivity index (χ1v) is 8.11. The van der Waals surface area contributed by atoms with Crippen molar-refractivity contribution in [3.63, 3.8) is 0 Å². The Hall–Kier alpha value is -1.75. The van der Waals surface area contributed by atoms with E-state index in [0.29, 0.717) is 26.2 Å². The predicted octanol–water partition coefficient (Wildman–Crippen LogP) is 1.59. The van der Waals surface area contributed by atoms with Gasteiger partial charge in [0.15, 0.2) is 11.5 Å². The zero-order valence-electron chi connectivity index (χ0n) is 13.1. The summed E-state index contributed by atoms with van der Waals surface area (Å²) in [4.78, 5) is 14.6. The highest BCUT2D eigenvalue weighted by Gasteiger charge is 2.32. The maximum Gasteiger partial charge on any atom is 0.229 e. The first-order valence-electron chi connectivity index (χ1n) is 8.11. The molecule has 0 aliphatic carbocycles. The highest BCUT2D eigenvalue weighted by molar-refractivity contribution is 5.80. The molecule has 5 nitrogen and oxygen atoms in total. The molecule has 1 amide bonds. The number of para-hydroxylation sites is 1. The standard InChI is InChI=1S/C17H24N2O3/c1-2-21-15-7-3-5-12-9-13(11-22-16(12)15)17(20)19-8-4-6-14(18)10-19/h3,5,7,13-14H,2,4,6,8-11,18H2,1H3. The number of likely N-dealkylation sites (tertiary alicyclic amines) is 1. The van der Waals surface area contributed by atoms with Gasteiger partial charge in [-0.3, -0.25) is 4.79 Å². The van der Waals surface area contributed by atoms with E-state index in [0.717, 1.165) is 36.4 Å². The average molecular weight is 304 g/mol. The second-order valence-corrected chi connectivity index (χ2v) is 6.08. The van der Waals surface area contributed by atoms with Crippen molar-refractivity contribution in [2.24, 2.45) is 11.7 Å². The van der Waals surface area contributed by atoms with Crippen molar-refractivity contribution in [3.05, 3.63) is 23.8 Å². The first kappa shape index (κ1) is 15.2. The van der Waals surface area contributed by atoms with Crippen LogP contribution in [0.3, 0.4) is 0 Å². The maximum atomic E-state index is 12.7. The fourth-order valence-electron chi connectivity index (χ4n) is 3.29. The minimum atomic E-state index is -0.116. The van der Waals surface area contributed by atoms with Crippen LogP contribution < -0.4 is 15.2 Å². The number of nitrogens with zero attached hydrogens (tertiary/aromatic N) is 1. The van der Waals surface area contributed by atoms with Crippen LogP contribution in [0.2, 0.25) is 0 Å². The highest BCUT2D eigenvalue weighted by Crippen LogP contribution is 2.36. The number of carbonyl (C=O) groups excluding carboxylic acids is 1. The molecule has 2 aliphatic heterocycles. The van der Waals surface area contributed by atoms with Gasteiger partial charge in [-0.15, -0.1) is 0 Å². The maximum absolute atomic E-state index is 12.7. The van der Waals surface area contributed by atoms with E-state index in [9.17, 15) is 4.79 Å². The molecule has 2 atom stereocenters. The summed E-state index contributed by atoms with van der Waals surface area (Å²) in [5, 5.41) is 0. The molecule has 2 aliphatic rings. The van der Waals surface area contributed by atoms with Gasteiger partial charge in [-0.1, -0.05) is 12.1 Å². The van der Waals surface area contributed by atoms with E-state index in [1.54, 1.807) is 0 Å². The van der Waals surface area contributed by atoms with Crippen LogP contribution in [0.4, 0.5) is 0 Å². The van der Waals surface area contributed by atoms with E-state index in [-0.39, 0.29) is 17.9 Å². The van der Waals surface area contributed by atoms with Crippen LogP contribution in [0, 0.1) is 5.92 Å². The third kappa shape index (κ3) is 3.04. The Morgan fingerprint density at radius 1 is 1.50 bits per heavy atom. The van der Waals surface area contributed by atoms with Gasteiger partial charge in [0.05, 0.1) is 12.5 Å². The molecule has 0 spiro atoms. The van der Waals surface area contributed by atoms with Crippen molar-refractivity contribution < 1.29 is 14.3 Å². The lowest BCUT2D eigenvalue weighted by molar-refractivity contribution is -0.138. The number of hydrogen-bond donors (Lipinski definition) is 1. The first-order chi connectivity index (χ1) is 10.7. The van der Waals surface area contributed by atoms with E-state index in [4.69, 9.17) is 15.2 Å². The number of hydrogen-bond acceptors (Lipinski definition) is 4. The quantitative estimate of drug-likeness (QED) is 0.921. The van der Waals surface area contributed by atoms with Crippen LogP contribution in [0.25, 0.3) is 0 Å². The smallest absolute Gasteiger partial charge is 0.229 e. The van der Waals surface area contributed by atoms with Crippen molar-refractivity contribution >= 4 is 5.91 Å². The van der Waals surface area contributed by atoms with Crippen molar-refractivity contribution in [1.29, 1.82) is 0 Å². The van der Waals surface area contributed by atoms with Crippen LogP contribution in [0.1, 0.15) is 25.3 Å². The summed E-state index contributed by atoms with van der Waals surface area (Å²) in [6.45, 7) is 4.46. The Kier molecular flexibility index (Phi) is 4.52. The third-order valence-electron chi connectivity index (χ3n) is 4.37. The molecule has 1 saturated heterocycles. The van der Waals surface area contributed by atoms with E-state index in [1.165, 1.54) is 0 Å². The van der Waals surface area contributed by atoms with E-state index >= 15 is 0 Å². The summed E-state index contributed by atoms with van der Waals surface area (Å²) in [6, 6.07) is 5.99. The monoisotopic (exact) mass is 304 g/mol. The largest absolute Gasteiger partial charge is 0.490 e. The lowest BCUT2D eigenvalue weighted by atomic mass is 9.94. The molecule has 1 aromatic rings. The molecule has 1 aromatic carbocycles. The third-order valence-corrected chi connectivity index (χ3v) is 4.37. The van der Waals surface area contributed by atoms with E-state index in [2.05, 4.69) is 0 Å². The molecular formula is C17H24N2O3. The number of rotatable bonds is 3. The minimum absolute atomic E-state index is 0.110. The minimum Gasteiger partial charge on any atom is -0.490 e. The summed E-state index contributed by atoms with van der Waals surface area (Å²) >= 11 is 0. The summed E-state index contributed by atoms with van der Waals surface area (Å²) in [5.74, 6) is 1.62. The Morgan fingerprint density at radius 3 is 3.14 bits per heavy atom. The lowest BCUT2D eigenvalue weighted by Gasteiger charge is -2.35. The van der Waals surface area contributed by atoms with Crippen LogP contribution in [0.5, 0.6) is 11.5 Å². The zero-order valence-corrected chi connectivity index (χ0v) is 13.1. The van der Waals surface area contributed by atoms with Crippen LogP contribution in [-0.2, 0) is 11.2 Å². The number of nitrogens with two attached hydrogens (primary N) is 1. The Morgan fingerprint density at radius 2 is 2.36 bits per heavy atom. The number of ether oxygens (including phenoxy) is 2. The Balaban J connectivity index is 1.71. The summed E-state index contributed by atoms with van der Waals surface area (Å²) in [6.07, 6.45) is 2.71. The molecule has 0 bridgehead atoms. The molecule has 0 saturated carbocycles. The van der Waals surface area contributed by atoms with Gasteiger partial charge in [-0.05, 0) is 37.8 Å². The number of carbonyl (C=O) groups is 1. The fourth-order valence-corrected chi connectivity index (χ4v) is 3.29. The summed E-state index contributed by atoms with van der Waals surface area (Å²) in [7, 11) is 0. The highest BCUT2D eigenvalue weighted by atomic mass is 16.5. The fraction of sp³-hybridized carbons (Fsp3) is 0.588. The van der Waals surface area contributed by atoms with Gasteiger partial charge in [-0.2, -0.15) is 0 Å². The van der Waals surface area contributed by atoms with Gasteiger partial charge < -0.3 is 20.1 Å². The average Bonchev–Trinajstić information content (AvgIpc) is 2.54. The van der Waals surface area contributed by atoms with Gasteiger partial charge in [0.25, 0.3) is 0 Å². The van der Waals surface area contributed by atoms with Crippen molar-refractivity contribution in [2.45, 2.75) is 32.2 Å². The molecule has 5 heteroatoms. The number of fused-ring (bicyclic) bond motifs is 1. The van der Waals surface area contributed by atoms with Crippen LogP contribution in [-0.4, -0.2) is 43.2 Å². The zero-order chi connectivity index (χ0) is 15.5. The molecule has 0 aromatic heterocycles.